The van der Waals surface area contributed by atoms with Gasteiger partial charge in [0, 0.05) is 0 Å². The number of benzene rings is 1. The number of nitrogens with zero attached hydrogens (tertiary/aromatic N) is 1. The summed E-state index contributed by atoms with van der Waals surface area (Å²) in [6.45, 7) is 0. The second-order valence-corrected chi connectivity index (χ2v) is 2.47. The third-order valence-electron chi connectivity index (χ3n) is 1.28. The van der Waals surface area contributed by atoms with Crippen molar-refractivity contribution in [3.05, 3.63) is 34.6 Å². The van der Waals surface area contributed by atoms with Gasteiger partial charge >= 0.3 is 0 Å². The maximum atomic E-state index is 12.4. The van der Waals surface area contributed by atoms with Crippen molar-refractivity contribution in [3.8, 4) is 6.07 Å². The molecule has 0 aliphatic rings. The number of halogens is 2. The van der Waals surface area contributed by atoms with Gasteiger partial charge < -0.3 is 0 Å². The molecule has 0 heterocycles. The van der Waals surface area contributed by atoms with E-state index in [1.165, 1.54) is 12.1 Å². The van der Waals surface area contributed by atoms with Crippen LogP contribution in [0.3, 0.4) is 0 Å². The highest BCUT2D eigenvalue weighted by molar-refractivity contribution is 6.34. The predicted octanol–water partition coefficient (Wildman–Crippen LogP) is 2.19. The van der Waals surface area contributed by atoms with Gasteiger partial charge in [-0.2, -0.15) is 5.26 Å². The van der Waals surface area contributed by atoms with Crippen LogP contribution >= 0.6 is 11.6 Å². The highest BCUT2D eigenvalue weighted by Crippen LogP contribution is 2.17. The standard InChI is InChI=1S/C8H3ClFNO/c9-7-3-5(10)1-2-6(7)8(12)4-11/h1-3H. The van der Waals surface area contributed by atoms with E-state index in [4.69, 9.17) is 16.9 Å². The smallest absolute Gasteiger partial charge is 0.263 e. The second-order valence-electron chi connectivity index (χ2n) is 2.07. The van der Waals surface area contributed by atoms with Gasteiger partial charge in [0.05, 0.1) is 10.6 Å². The third-order valence-corrected chi connectivity index (χ3v) is 1.59. The highest BCUT2D eigenvalue weighted by atomic mass is 35.5. The minimum Gasteiger partial charge on any atom is -0.277 e. The van der Waals surface area contributed by atoms with Crippen molar-refractivity contribution in [2.45, 2.75) is 0 Å². The van der Waals surface area contributed by atoms with Crippen molar-refractivity contribution < 1.29 is 9.18 Å². The van der Waals surface area contributed by atoms with Crippen molar-refractivity contribution in [1.82, 2.24) is 0 Å². The zero-order valence-electron chi connectivity index (χ0n) is 5.84. The van der Waals surface area contributed by atoms with Crippen LogP contribution in [-0.2, 0) is 0 Å². The number of carbonyl (C=O) groups is 1. The van der Waals surface area contributed by atoms with Gasteiger partial charge in [0.2, 0.25) is 0 Å². The molecule has 1 rings (SSSR count). The quantitative estimate of drug-likeness (QED) is 0.495. The molecule has 0 N–H and O–H groups in total. The molecular weight excluding hydrogens is 181 g/mol. The van der Waals surface area contributed by atoms with Gasteiger partial charge in [0.1, 0.15) is 11.9 Å². The summed E-state index contributed by atoms with van der Waals surface area (Å²) in [5.41, 5.74) is 0.0283. The molecule has 0 saturated heterocycles. The van der Waals surface area contributed by atoms with E-state index >= 15 is 0 Å². The number of rotatable bonds is 1. The lowest BCUT2D eigenvalue weighted by molar-refractivity contribution is 0.105. The van der Waals surface area contributed by atoms with Crippen LogP contribution in [0.15, 0.2) is 18.2 Å². The summed E-state index contributed by atoms with van der Waals surface area (Å²) in [6, 6.07) is 4.65. The largest absolute Gasteiger partial charge is 0.277 e. The first-order valence-electron chi connectivity index (χ1n) is 3.04. The Hall–Kier alpha value is -1.40. The summed E-state index contributed by atoms with van der Waals surface area (Å²) in [7, 11) is 0. The summed E-state index contributed by atoms with van der Waals surface area (Å²) in [5, 5.41) is 8.19. The van der Waals surface area contributed by atoms with Gasteiger partial charge in [0.25, 0.3) is 5.78 Å². The fraction of sp³-hybridized carbons (Fsp3) is 0. The molecule has 0 aliphatic heterocycles. The van der Waals surface area contributed by atoms with Crippen LogP contribution in [0.1, 0.15) is 10.4 Å². The molecular formula is C8H3ClFNO. The molecule has 1 aromatic carbocycles. The van der Waals surface area contributed by atoms with Crippen LogP contribution in [0.5, 0.6) is 0 Å². The van der Waals surface area contributed by atoms with Gasteiger partial charge in [-0.05, 0) is 18.2 Å². The molecule has 0 fully saturated rings. The van der Waals surface area contributed by atoms with Gasteiger partial charge in [-0.3, -0.25) is 4.79 Å². The number of hydrogen-bond acceptors (Lipinski definition) is 2. The molecule has 4 heteroatoms. The Morgan fingerprint density at radius 1 is 1.58 bits per heavy atom. The number of hydrogen-bond donors (Lipinski definition) is 0. The van der Waals surface area contributed by atoms with E-state index in [2.05, 4.69) is 0 Å². The Balaban J connectivity index is 3.20. The van der Waals surface area contributed by atoms with E-state index in [1.807, 2.05) is 0 Å². The molecule has 0 atom stereocenters. The lowest BCUT2D eigenvalue weighted by atomic mass is 10.1. The summed E-state index contributed by atoms with van der Waals surface area (Å²) in [4.78, 5) is 10.8. The van der Waals surface area contributed by atoms with E-state index in [9.17, 15) is 9.18 Å². The van der Waals surface area contributed by atoms with Gasteiger partial charge in [-0.15, -0.1) is 0 Å². The Morgan fingerprint density at radius 2 is 2.25 bits per heavy atom. The predicted molar refractivity (Wildman–Crippen MR) is 41.4 cm³/mol. The van der Waals surface area contributed by atoms with Crippen LogP contribution in [0.25, 0.3) is 0 Å². The van der Waals surface area contributed by atoms with Crippen molar-refractivity contribution >= 4 is 17.4 Å². The Labute approximate surface area is 73.2 Å². The topological polar surface area (TPSA) is 40.9 Å². The lowest BCUT2D eigenvalue weighted by Gasteiger charge is -1.96. The van der Waals surface area contributed by atoms with Gasteiger partial charge in [-0.1, -0.05) is 11.6 Å². The van der Waals surface area contributed by atoms with Gasteiger partial charge in [0.15, 0.2) is 0 Å². The molecule has 0 radical (unpaired) electrons. The Morgan fingerprint density at radius 3 is 2.75 bits per heavy atom. The van der Waals surface area contributed by atoms with Crippen LogP contribution in [-0.4, -0.2) is 5.78 Å². The van der Waals surface area contributed by atoms with Crippen molar-refractivity contribution in [1.29, 1.82) is 5.26 Å². The average molecular weight is 184 g/mol. The number of Topliss-reactive ketones (excluding diaryl/α,β-unsaturated/α-hetero) is 1. The van der Waals surface area contributed by atoms with E-state index in [0.29, 0.717) is 0 Å². The van der Waals surface area contributed by atoms with E-state index < -0.39 is 11.6 Å². The van der Waals surface area contributed by atoms with E-state index in [-0.39, 0.29) is 10.6 Å². The molecule has 0 amide bonds. The maximum absolute atomic E-state index is 12.4. The van der Waals surface area contributed by atoms with Crippen LogP contribution in [0.4, 0.5) is 4.39 Å². The monoisotopic (exact) mass is 183 g/mol. The first-order chi connectivity index (χ1) is 5.65. The first kappa shape index (κ1) is 8.69. The minimum absolute atomic E-state index is 0.0283. The average Bonchev–Trinajstić information content (AvgIpc) is 2.03. The number of ketones is 1. The van der Waals surface area contributed by atoms with Crippen LogP contribution in [0, 0.1) is 17.1 Å². The van der Waals surface area contributed by atoms with Crippen molar-refractivity contribution in [2.24, 2.45) is 0 Å². The molecule has 0 unspecified atom stereocenters. The fourth-order valence-corrected chi connectivity index (χ4v) is 0.987. The van der Waals surface area contributed by atoms with Crippen LogP contribution < -0.4 is 0 Å². The molecule has 0 aromatic heterocycles. The summed E-state index contributed by atoms with van der Waals surface area (Å²) < 4.78 is 12.4. The molecule has 0 spiro atoms. The van der Waals surface area contributed by atoms with E-state index in [1.54, 1.807) is 0 Å². The maximum Gasteiger partial charge on any atom is 0.263 e. The molecule has 0 saturated carbocycles. The summed E-state index contributed by atoms with van der Waals surface area (Å²) in [6.07, 6.45) is 0. The summed E-state index contributed by atoms with van der Waals surface area (Å²) >= 11 is 5.49. The fourth-order valence-electron chi connectivity index (χ4n) is 0.734. The number of nitriles is 1. The first-order valence-corrected chi connectivity index (χ1v) is 3.42. The zero-order chi connectivity index (χ0) is 9.14. The van der Waals surface area contributed by atoms with Crippen molar-refractivity contribution in [2.75, 3.05) is 0 Å². The second kappa shape index (κ2) is 3.33. The molecule has 12 heavy (non-hydrogen) atoms. The minimum atomic E-state index is -0.764. The normalized spacial score (nSPS) is 9.08. The Bertz CT molecular complexity index is 370. The molecule has 0 bridgehead atoms. The molecule has 2 nitrogen and oxygen atoms in total. The van der Waals surface area contributed by atoms with E-state index in [0.717, 1.165) is 12.1 Å². The zero-order valence-corrected chi connectivity index (χ0v) is 6.60. The Kier molecular flexibility index (Phi) is 2.41. The van der Waals surface area contributed by atoms with Crippen molar-refractivity contribution in [3.63, 3.8) is 0 Å². The van der Waals surface area contributed by atoms with Gasteiger partial charge in [-0.25, -0.2) is 4.39 Å². The number of carbonyl (C=O) groups excluding carboxylic acids is 1. The van der Waals surface area contributed by atoms with Crippen LogP contribution in [0.2, 0.25) is 5.02 Å². The summed E-state index contributed by atoms with van der Waals surface area (Å²) in [5.74, 6) is -1.30. The molecule has 1 aromatic rings. The lowest BCUT2D eigenvalue weighted by Crippen LogP contribution is -1.95. The highest BCUT2D eigenvalue weighted by Gasteiger charge is 2.09. The third kappa shape index (κ3) is 1.60. The molecule has 0 aliphatic carbocycles. The molecule has 60 valence electrons. The SMILES string of the molecule is N#CC(=O)c1ccc(F)cc1Cl.